The number of carbonyl (C=O) groups excluding carboxylic acids is 8. The second-order valence-corrected chi connectivity index (χ2v) is 20.7. The Bertz CT molecular complexity index is 2000. The van der Waals surface area contributed by atoms with Gasteiger partial charge < -0.3 is 82.2 Å². The highest BCUT2D eigenvalue weighted by Gasteiger charge is 2.46. The monoisotopic (exact) mass is 1110 g/mol. The van der Waals surface area contributed by atoms with Gasteiger partial charge in [-0.25, -0.2) is 0 Å². The zero-order valence-electron chi connectivity index (χ0n) is 47.2. The molecule has 16 unspecified atom stereocenters. The first-order chi connectivity index (χ1) is 36.8. The van der Waals surface area contributed by atoms with Gasteiger partial charge in [-0.1, -0.05) is 112 Å². The number of nitrogens with zero attached hydrogens (tertiary/aromatic N) is 1. The molecule has 1 aliphatic heterocycles. The Morgan fingerprint density at radius 1 is 0.679 bits per heavy atom. The number of aromatic hydroxyl groups is 1. The maximum Gasteiger partial charge on any atom is 0.248 e. The average molecular weight is 1110 g/mol. The van der Waals surface area contributed by atoms with Crippen LogP contribution in [-0.4, -0.2) is 178 Å². The number of unbranched alkanes of at least 4 members (excludes halogenated alkanes) is 5. The number of phenolic OH excluding ortho intramolecular Hbond substituents is 1. The highest BCUT2D eigenvalue weighted by molar-refractivity contribution is 5.97. The van der Waals surface area contributed by atoms with E-state index < -0.39 is 152 Å². The maximum absolute atomic E-state index is 14.4. The summed E-state index contributed by atoms with van der Waals surface area (Å²) >= 11 is 0. The largest absolute Gasteiger partial charge is 0.508 e. The van der Waals surface area contributed by atoms with Gasteiger partial charge in [0, 0.05) is 32.2 Å². The summed E-state index contributed by atoms with van der Waals surface area (Å²) in [6.07, 6.45) is -6.30. The van der Waals surface area contributed by atoms with E-state index in [0.29, 0.717) is 31.1 Å². The van der Waals surface area contributed by atoms with Crippen molar-refractivity contribution in [1.82, 2.24) is 31.5 Å². The minimum absolute atomic E-state index is 0.0480. The molecule has 1 aliphatic rings. The van der Waals surface area contributed by atoms with E-state index in [1.165, 1.54) is 25.5 Å². The van der Waals surface area contributed by atoms with Gasteiger partial charge in [0.1, 0.15) is 60.6 Å². The number of aliphatic hydroxyl groups excluding tert-OH is 8. The molecule has 23 heteroatoms. The summed E-state index contributed by atoms with van der Waals surface area (Å²) in [5.41, 5.74) is -0.0539. The first kappa shape index (κ1) is 70.9. The summed E-state index contributed by atoms with van der Waals surface area (Å²) < 4.78 is 0. The number of phenols is 1. The Balaban J connectivity index is 0.0000150. The number of nitrogens with one attached hydrogen (secondary N) is 5. The van der Waals surface area contributed by atoms with Crippen LogP contribution in [0.2, 0.25) is 0 Å². The van der Waals surface area contributed by atoms with Gasteiger partial charge in [0.05, 0.1) is 30.3 Å². The number of rotatable bonds is 36. The van der Waals surface area contributed by atoms with Crippen molar-refractivity contribution < 1.29 is 84.3 Å². The Morgan fingerprint density at radius 2 is 1.27 bits per heavy atom. The molecule has 0 spiro atoms. The first-order valence-corrected chi connectivity index (χ1v) is 27.8. The number of β-amino-alcohol motifs (C(OH)–C–C–N with tert-alkyl or cyclic N) is 1. The van der Waals surface area contributed by atoms with Crippen LogP contribution in [0.4, 0.5) is 0 Å². The standard InChI is InChI=1S/C53H88N6O17.C2H6/c1-8-16-39(65)31(5)48(71)58-51(74)41(67)27-37(54-42(68)18-15-13-11-10-12-14-17-30(4)25-29(3)9-2)49(72)56-44(33(7)62)53(76)59-28-36(64)26-38(59)50(73)57-45(47(70)46(69)34-19-21-35(63)22-20-34)52(75)55-43(32(6)61)40(66)23-24-60;1-2/h19-22,24,29-31,33,36-41,43-47,51,62-67,69-70,74H,8-18,23,25-28H2,1-7H3,(H,54,68)(H,55,75)(H,56,72)(H,57,73)(H,58,71);1-2H3. The van der Waals surface area contributed by atoms with Crippen molar-refractivity contribution in [3.05, 3.63) is 29.8 Å². The normalized spacial score (nSPS) is 19.7. The number of aldehydes is 1. The van der Waals surface area contributed by atoms with E-state index in [9.17, 15) is 84.3 Å². The number of benzene rings is 1. The highest BCUT2D eigenvalue weighted by atomic mass is 16.3. The third kappa shape index (κ3) is 24.1. The Morgan fingerprint density at radius 3 is 1.83 bits per heavy atom. The number of Topliss-reactive ketones (excluding diaryl/α,β-unsaturated/α-hetero) is 1. The molecule has 78 heavy (non-hydrogen) atoms. The molecule has 2 rings (SSSR count). The van der Waals surface area contributed by atoms with Crippen LogP contribution in [0.25, 0.3) is 0 Å². The maximum atomic E-state index is 14.4. The topological polar surface area (TPSA) is 382 Å². The minimum Gasteiger partial charge on any atom is -0.508 e. The minimum atomic E-state index is -2.24. The van der Waals surface area contributed by atoms with Crippen LogP contribution in [0.15, 0.2) is 24.3 Å². The van der Waals surface area contributed by atoms with Gasteiger partial charge in [0.25, 0.3) is 0 Å². The number of hydrogen-bond donors (Lipinski definition) is 14. The van der Waals surface area contributed by atoms with Crippen molar-refractivity contribution in [3.8, 4) is 5.75 Å². The van der Waals surface area contributed by atoms with Crippen LogP contribution in [0.1, 0.15) is 170 Å². The van der Waals surface area contributed by atoms with Crippen LogP contribution in [0.3, 0.4) is 0 Å². The third-order valence-corrected chi connectivity index (χ3v) is 14.1. The lowest BCUT2D eigenvalue weighted by molar-refractivity contribution is -0.146. The molecular formula is C55H94N6O17. The van der Waals surface area contributed by atoms with Crippen molar-refractivity contribution in [3.63, 3.8) is 0 Å². The number of amides is 6. The lowest BCUT2D eigenvalue weighted by atomic mass is 9.91. The number of aliphatic hydroxyl groups is 8. The van der Waals surface area contributed by atoms with Crippen molar-refractivity contribution in [1.29, 1.82) is 0 Å². The van der Waals surface area contributed by atoms with Crippen LogP contribution in [-0.2, 0) is 38.4 Å². The summed E-state index contributed by atoms with van der Waals surface area (Å²) in [7, 11) is 0. The SMILES string of the molecule is CC.CCCC(O)C(C)C(=O)NC(O)C(O)CC(NC(=O)CCCCCCCCC(C)CC(C)CC)C(=O)NC(C(=O)N1CC(O)CC1C(=O)NC(C(=O)NC(C(C)=O)C(O)CC=O)C(O)C(O)c1ccc(O)cc1)C(C)O. The molecule has 1 aromatic rings. The Hall–Kier alpha value is -5.14. The van der Waals surface area contributed by atoms with Gasteiger partial charge in [0.15, 0.2) is 12.0 Å². The zero-order chi connectivity index (χ0) is 59.4. The lowest BCUT2D eigenvalue weighted by Gasteiger charge is -2.33. The predicted molar refractivity (Wildman–Crippen MR) is 288 cm³/mol. The van der Waals surface area contributed by atoms with Crippen molar-refractivity contribution in [2.24, 2.45) is 17.8 Å². The van der Waals surface area contributed by atoms with Crippen molar-refractivity contribution in [2.75, 3.05) is 6.54 Å². The van der Waals surface area contributed by atoms with Gasteiger partial charge in [-0.2, -0.15) is 0 Å². The van der Waals surface area contributed by atoms with Crippen LogP contribution < -0.4 is 26.6 Å². The fourth-order valence-electron chi connectivity index (χ4n) is 9.10. The van der Waals surface area contributed by atoms with Gasteiger partial charge in [0.2, 0.25) is 35.4 Å². The summed E-state index contributed by atoms with van der Waals surface area (Å²) in [6, 6.07) is -4.54. The van der Waals surface area contributed by atoms with E-state index in [-0.39, 0.29) is 30.4 Å². The van der Waals surface area contributed by atoms with E-state index >= 15 is 0 Å². The molecule has 23 nitrogen and oxygen atoms in total. The molecule has 0 bridgehead atoms. The molecule has 0 saturated carbocycles. The molecule has 1 heterocycles. The molecule has 1 fully saturated rings. The highest BCUT2D eigenvalue weighted by Crippen LogP contribution is 2.25. The molecule has 0 aliphatic carbocycles. The third-order valence-electron chi connectivity index (χ3n) is 14.1. The fourth-order valence-corrected chi connectivity index (χ4v) is 9.10. The summed E-state index contributed by atoms with van der Waals surface area (Å²) in [4.78, 5) is 107. The number of likely N-dealkylation sites (tertiary alicyclic amines) is 1. The van der Waals surface area contributed by atoms with Crippen LogP contribution in [0, 0.1) is 17.8 Å². The van der Waals surface area contributed by atoms with Gasteiger partial charge in [-0.05, 0) is 62.6 Å². The van der Waals surface area contributed by atoms with E-state index in [0.717, 1.165) is 69.4 Å². The molecule has 16 atom stereocenters. The summed E-state index contributed by atoms with van der Waals surface area (Å²) in [5, 5.41) is 108. The predicted octanol–water partition coefficient (Wildman–Crippen LogP) is 0.809. The molecule has 0 aromatic heterocycles. The molecular weight excluding hydrogens is 1020 g/mol. The van der Waals surface area contributed by atoms with Crippen molar-refractivity contribution in [2.45, 2.75) is 238 Å². The van der Waals surface area contributed by atoms with E-state index in [1.54, 1.807) is 6.92 Å². The van der Waals surface area contributed by atoms with Crippen LogP contribution >= 0.6 is 0 Å². The second-order valence-electron chi connectivity index (χ2n) is 20.7. The Kier molecular flexibility index (Phi) is 33.5. The molecule has 446 valence electrons. The van der Waals surface area contributed by atoms with Crippen molar-refractivity contribution >= 4 is 47.5 Å². The lowest BCUT2D eigenvalue weighted by Crippen LogP contribution is -2.63. The van der Waals surface area contributed by atoms with Crippen LogP contribution in [0.5, 0.6) is 5.75 Å². The summed E-state index contributed by atoms with van der Waals surface area (Å²) in [6.45, 7) is 15.4. The van der Waals surface area contributed by atoms with Gasteiger partial charge in [-0.15, -0.1) is 0 Å². The number of hydrogen-bond acceptors (Lipinski definition) is 17. The average Bonchev–Trinajstić information content (AvgIpc) is 3.80. The first-order valence-electron chi connectivity index (χ1n) is 27.8. The zero-order valence-corrected chi connectivity index (χ0v) is 47.2. The van der Waals surface area contributed by atoms with Gasteiger partial charge in [-0.3, -0.25) is 33.6 Å². The smallest absolute Gasteiger partial charge is 0.248 e. The van der Waals surface area contributed by atoms with E-state index in [4.69, 9.17) is 0 Å². The Labute approximate surface area is 459 Å². The molecule has 1 saturated heterocycles. The molecule has 1 aromatic carbocycles. The summed E-state index contributed by atoms with van der Waals surface area (Å²) in [5.74, 6) is -7.05. The number of ketones is 1. The molecule has 14 N–H and O–H groups in total. The molecule has 0 radical (unpaired) electrons. The second kappa shape index (κ2) is 36.9. The molecule has 6 amide bonds. The quantitative estimate of drug-likeness (QED) is 0.0251. The van der Waals surface area contributed by atoms with E-state index in [2.05, 4.69) is 47.4 Å². The van der Waals surface area contributed by atoms with E-state index in [1.807, 2.05) is 13.8 Å². The van der Waals surface area contributed by atoms with Gasteiger partial charge >= 0.3 is 0 Å². The number of carbonyl (C=O) groups is 8. The fraction of sp³-hybridized carbons (Fsp3) is 0.745.